The highest BCUT2D eigenvalue weighted by atomic mass is 35.5. The second-order valence-corrected chi connectivity index (χ2v) is 2.52. The van der Waals surface area contributed by atoms with Gasteiger partial charge in [-0.25, -0.2) is 9.97 Å². The van der Waals surface area contributed by atoms with Crippen LogP contribution < -0.4 is 0 Å². The van der Waals surface area contributed by atoms with Crippen LogP contribution in [-0.4, -0.2) is 9.97 Å². The predicted molar refractivity (Wildman–Crippen MR) is 41.3 cm³/mol. The Bertz CT molecular complexity index is 237. The van der Waals surface area contributed by atoms with Crippen LogP contribution >= 0.6 is 23.2 Å². The van der Waals surface area contributed by atoms with Gasteiger partial charge >= 0.3 is 0 Å². The van der Waals surface area contributed by atoms with E-state index in [1.54, 1.807) is 13.1 Å². The van der Waals surface area contributed by atoms with Crippen LogP contribution in [0, 0.1) is 6.92 Å². The topological polar surface area (TPSA) is 25.8 Å². The number of hydrogen-bond donors (Lipinski definition) is 0. The molecule has 0 radical (unpaired) electrons. The Hall–Kier alpha value is -0.340. The summed E-state index contributed by atoms with van der Waals surface area (Å²) in [5.41, 5.74) is 0.691. The molecule has 0 fully saturated rings. The Morgan fingerprint density at radius 2 is 2.30 bits per heavy atom. The van der Waals surface area contributed by atoms with Crippen molar-refractivity contribution < 1.29 is 0 Å². The highest BCUT2D eigenvalue weighted by Crippen LogP contribution is 2.13. The van der Waals surface area contributed by atoms with Crippen LogP contribution in [0.25, 0.3) is 0 Å². The van der Waals surface area contributed by atoms with Crippen molar-refractivity contribution in [3.05, 3.63) is 22.7 Å². The van der Waals surface area contributed by atoms with Gasteiger partial charge in [0, 0.05) is 6.20 Å². The number of aromatic nitrogens is 2. The van der Waals surface area contributed by atoms with Gasteiger partial charge in [0.05, 0.1) is 16.6 Å². The van der Waals surface area contributed by atoms with Crippen LogP contribution in [0.4, 0.5) is 0 Å². The molecule has 0 unspecified atom stereocenters. The summed E-state index contributed by atoms with van der Waals surface area (Å²) in [6, 6.07) is 0. The van der Waals surface area contributed by atoms with E-state index in [2.05, 4.69) is 9.97 Å². The van der Waals surface area contributed by atoms with E-state index in [1.807, 2.05) is 0 Å². The van der Waals surface area contributed by atoms with Gasteiger partial charge in [0.15, 0.2) is 0 Å². The summed E-state index contributed by atoms with van der Waals surface area (Å²) >= 11 is 11.2. The fraction of sp³-hybridized carbons (Fsp3) is 0.333. The molecule has 0 aliphatic heterocycles. The first-order chi connectivity index (χ1) is 4.74. The van der Waals surface area contributed by atoms with Gasteiger partial charge in [-0.1, -0.05) is 11.6 Å². The van der Waals surface area contributed by atoms with E-state index in [-0.39, 0.29) is 0 Å². The second-order valence-electron chi connectivity index (χ2n) is 1.85. The third-order valence-electron chi connectivity index (χ3n) is 1.06. The van der Waals surface area contributed by atoms with Gasteiger partial charge in [-0.2, -0.15) is 0 Å². The van der Waals surface area contributed by atoms with Crippen molar-refractivity contribution in [2.45, 2.75) is 12.8 Å². The molecule has 1 heterocycles. The summed E-state index contributed by atoms with van der Waals surface area (Å²) < 4.78 is 0. The normalized spacial score (nSPS) is 9.90. The third-order valence-corrected chi connectivity index (χ3v) is 1.63. The molecule has 1 aromatic heterocycles. The minimum absolute atomic E-state index is 0.336. The Morgan fingerprint density at radius 1 is 1.60 bits per heavy atom. The smallest absolute Gasteiger partial charge is 0.125 e. The highest BCUT2D eigenvalue weighted by molar-refractivity contribution is 6.31. The van der Waals surface area contributed by atoms with Gasteiger partial charge in [-0.15, -0.1) is 11.6 Å². The minimum Gasteiger partial charge on any atom is -0.240 e. The standard InChI is InChI=1S/C6H6Cl2N2/c1-4-9-3-5(8)6(2-7)10-4/h3H,2H2,1H3. The van der Waals surface area contributed by atoms with Crippen LogP contribution in [0.15, 0.2) is 6.20 Å². The lowest BCUT2D eigenvalue weighted by atomic mass is 10.4. The zero-order valence-corrected chi connectivity index (χ0v) is 6.95. The molecule has 4 heteroatoms. The lowest BCUT2D eigenvalue weighted by Gasteiger charge is -1.97. The van der Waals surface area contributed by atoms with Crippen LogP contribution in [0.1, 0.15) is 11.5 Å². The van der Waals surface area contributed by atoms with E-state index < -0.39 is 0 Å². The van der Waals surface area contributed by atoms with Crippen LogP contribution in [-0.2, 0) is 5.88 Å². The number of hydrogen-bond acceptors (Lipinski definition) is 2. The molecule has 0 saturated carbocycles. The lowest BCUT2D eigenvalue weighted by molar-refractivity contribution is 1.00. The number of nitrogens with zero attached hydrogens (tertiary/aromatic N) is 2. The number of rotatable bonds is 1. The van der Waals surface area contributed by atoms with E-state index in [0.29, 0.717) is 22.4 Å². The fourth-order valence-electron chi connectivity index (χ4n) is 0.596. The lowest BCUT2D eigenvalue weighted by Crippen LogP contribution is -1.92. The second kappa shape index (κ2) is 3.17. The Kier molecular flexibility index (Phi) is 2.46. The molecule has 1 aromatic rings. The molecule has 0 spiro atoms. The molecule has 0 aromatic carbocycles. The maximum atomic E-state index is 5.69. The van der Waals surface area contributed by atoms with Crippen LogP contribution in [0.2, 0.25) is 5.02 Å². The summed E-state index contributed by atoms with van der Waals surface area (Å²) in [5.74, 6) is 1.03. The van der Waals surface area contributed by atoms with Crippen molar-refractivity contribution in [3.8, 4) is 0 Å². The summed E-state index contributed by atoms with van der Waals surface area (Å²) in [5, 5.41) is 0.528. The molecule has 0 aliphatic rings. The largest absolute Gasteiger partial charge is 0.240 e. The van der Waals surface area contributed by atoms with Crippen molar-refractivity contribution in [2.75, 3.05) is 0 Å². The Labute approximate surface area is 69.2 Å². The van der Waals surface area contributed by atoms with Crippen molar-refractivity contribution in [3.63, 3.8) is 0 Å². The zero-order chi connectivity index (χ0) is 7.56. The van der Waals surface area contributed by atoms with Crippen LogP contribution in [0.5, 0.6) is 0 Å². The molecule has 1 rings (SSSR count). The van der Waals surface area contributed by atoms with Gasteiger partial charge in [0.1, 0.15) is 5.82 Å². The summed E-state index contributed by atoms with van der Waals surface area (Å²) in [4.78, 5) is 7.90. The molecule has 0 aliphatic carbocycles. The quantitative estimate of drug-likeness (QED) is 0.614. The van der Waals surface area contributed by atoms with Gasteiger partial charge in [0.25, 0.3) is 0 Å². The third kappa shape index (κ3) is 1.58. The van der Waals surface area contributed by atoms with Gasteiger partial charge in [-0.05, 0) is 6.92 Å². The molecule has 0 bridgehead atoms. The monoisotopic (exact) mass is 176 g/mol. The van der Waals surface area contributed by atoms with E-state index in [4.69, 9.17) is 23.2 Å². The molecule has 0 N–H and O–H groups in total. The zero-order valence-electron chi connectivity index (χ0n) is 5.43. The molecule has 0 atom stereocenters. The van der Waals surface area contributed by atoms with Crippen molar-refractivity contribution in [2.24, 2.45) is 0 Å². The SMILES string of the molecule is Cc1ncc(Cl)c(CCl)n1. The van der Waals surface area contributed by atoms with Gasteiger partial charge in [0.2, 0.25) is 0 Å². The maximum Gasteiger partial charge on any atom is 0.125 e. The fourth-order valence-corrected chi connectivity index (χ4v) is 1.03. The molecule has 2 nitrogen and oxygen atoms in total. The highest BCUT2D eigenvalue weighted by Gasteiger charge is 1.99. The van der Waals surface area contributed by atoms with E-state index in [1.165, 1.54) is 0 Å². The van der Waals surface area contributed by atoms with Crippen molar-refractivity contribution in [1.29, 1.82) is 0 Å². The van der Waals surface area contributed by atoms with Gasteiger partial charge < -0.3 is 0 Å². The molecule has 54 valence electrons. The van der Waals surface area contributed by atoms with Crippen molar-refractivity contribution >= 4 is 23.2 Å². The van der Waals surface area contributed by atoms with Gasteiger partial charge in [-0.3, -0.25) is 0 Å². The van der Waals surface area contributed by atoms with Crippen molar-refractivity contribution in [1.82, 2.24) is 9.97 Å². The molecular formula is C6H6Cl2N2. The number of aryl methyl sites for hydroxylation is 1. The molecule has 0 amide bonds. The molecule has 0 saturated heterocycles. The Morgan fingerprint density at radius 3 is 2.80 bits per heavy atom. The van der Waals surface area contributed by atoms with E-state index in [0.717, 1.165) is 0 Å². The first-order valence-electron chi connectivity index (χ1n) is 2.78. The predicted octanol–water partition coefficient (Wildman–Crippen LogP) is 2.18. The minimum atomic E-state index is 0.336. The first-order valence-corrected chi connectivity index (χ1v) is 3.69. The molecule has 10 heavy (non-hydrogen) atoms. The number of halogens is 2. The summed E-state index contributed by atoms with van der Waals surface area (Å²) in [6.07, 6.45) is 1.56. The summed E-state index contributed by atoms with van der Waals surface area (Å²) in [6.45, 7) is 1.80. The van der Waals surface area contributed by atoms with E-state index >= 15 is 0 Å². The van der Waals surface area contributed by atoms with E-state index in [9.17, 15) is 0 Å². The maximum absolute atomic E-state index is 5.69. The molecular weight excluding hydrogens is 171 g/mol. The Balaban J connectivity index is 3.09. The summed E-state index contributed by atoms with van der Waals surface area (Å²) in [7, 11) is 0. The number of alkyl halides is 1. The van der Waals surface area contributed by atoms with Crippen LogP contribution in [0.3, 0.4) is 0 Å². The average Bonchev–Trinajstić information content (AvgIpc) is 1.94. The first kappa shape index (κ1) is 7.76. The average molecular weight is 177 g/mol.